The SMILES string of the molecule is Cl.Nc1ccc(N2CCOCC2)c(F)c1. The number of anilines is 2. The van der Waals surface area contributed by atoms with Gasteiger partial charge in [-0.25, -0.2) is 4.39 Å². The van der Waals surface area contributed by atoms with Crippen LogP contribution in [0, 0.1) is 5.82 Å². The van der Waals surface area contributed by atoms with E-state index in [0.29, 0.717) is 24.6 Å². The minimum atomic E-state index is -0.257. The highest BCUT2D eigenvalue weighted by atomic mass is 35.5. The molecule has 1 heterocycles. The van der Waals surface area contributed by atoms with Crippen LogP contribution < -0.4 is 10.6 Å². The van der Waals surface area contributed by atoms with Crippen molar-refractivity contribution in [2.45, 2.75) is 0 Å². The fourth-order valence-corrected chi connectivity index (χ4v) is 1.58. The number of nitrogen functional groups attached to an aromatic ring is 1. The minimum Gasteiger partial charge on any atom is -0.399 e. The fraction of sp³-hybridized carbons (Fsp3) is 0.400. The number of benzene rings is 1. The number of halogens is 2. The Morgan fingerprint density at radius 2 is 1.93 bits per heavy atom. The first-order chi connectivity index (χ1) is 6.77. The molecule has 1 fully saturated rings. The van der Waals surface area contributed by atoms with Gasteiger partial charge in [-0.15, -0.1) is 12.4 Å². The highest BCUT2D eigenvalue weighted by molar-refractivity contribution is 5.85. The second-order valence-electron chi connectivity index (χ2n) is 3.31. The van der Waals surface area contributed by atoms with Crippen LogP contribution in [0.5, 0.6) is 0 Å². The van der Waals surface area contributed by atoms with Crippen molar-refractivity contribution >= 4 is 23.8 Å². The molecule has 2 N–H and O–H groups in total. The first-order valence-electron chi connectivity index (χ1n) is 4.65. The van der Waals surface area contributed by atoms with Crippen molar-refractivity contribution in [2.24, 2.45) is 0 Å². The second-order valence-corrected chi connectivity index (χ2v) is 3.31. The van der Waals surface area contributed by atoms with E-state index < -0.39 is 0 Å². The van der Waals surface area contributed by atoms with Gasteiger partial charge in [0.15, 0.2) is 0 Å². The van der Waals surface area contributed by atoms with Gasteiger partial charge in [-0.2, -0.15) is 0 Å². The number of hydrogen-bond acceptors (Lipinski definition) is 3. The van der Waals surface area contributed by atoms with Gasteiger partial charge in [-0.05, 0) is 18.2 Å². The van der Waals surface area contributed by atoms with E-state index in [0.717, 1.165) is 13.1 Å². The van der Waals surface area contributed by atoms with Crippen LogP contribution in [0.15, 0.2) is 18.2 Å². The summed E-state index contributed by atoms with van der Waals surface area (Å²) in [6.45, 7) is 2.79. The average molecular weight is 233 g/mol. The summed E-state index contributed by atoms with van der Waals surface area (Å²) in [6.07, 6.45) is 0. The molecule has 1 aliphatic heterocycles. The van der Waals surface area contributed by atoms with E-state index in [1.807, 2.05) is 4.90 Å². The Kier molecular flexibility index (Phi) is 4.17. The molecule has 0 amide bonds. The van der Waals surface area contributed by atoms with Crippen LogP contribution in [0.4, 0.5) is 15.8 Å². The predicted molar refractivity (Wildman–Crippen MR) is 61.1 cm³/mol. The Hall–Kier alpha value is -1.00. The fourth-order valence-electron chi connectivity index (χ4n) is 1.58. The molecule has 0 bridgehead atoms. The van der Waals surface area contributed by atoms with E-state index in [4.69, 9.17) is 10.5 Å². The Bertz CT molecular complexity index is 329. The summed E-state index contributed by atoms with van der Waals surface area (Å²) < 4.78 is 18.7. The Balaban J connectivity index is 0.00000112. The van der Waals surface area contributed by atoms with Crippen molar-refractivity contribution in [1.82, 2.24) is 0 Å². The predicted octanol–water partition coefficient (Wildman–Crippen LogP) is 1.67. The average Bonchev–Trinajstić information content (AvgIpc) is 2.19. The number of morpholine rings is 1. The number of nitrogens with zero attached hydrogens (tertiary/aromatic N) is 1. The summed E-state index contributed by atoms with van der Waals surface area (Å²) in [6, 6.07) is 4.79. The van der Waals surface area contributed by atoms with Gasteiger partial charge >= 0.3 is 0 Å². The molecule has 15 heavy (non-hydrogen) atoms. The molecule has 0 unspecified atom stereocenters. The van der Waals surface area contributed by atoms with Gasteiger partial charge in [-0.1, -0.05) is 0 Å². The molecule has 0 saturated carbocycles. The minimum absolute atomic E-state index is 0. The lowest BCUT2D eigenvalue weighted by atomic mass is 10.2. The molecular weight excluding hydrogens is 219 g/mol. The van der Waals surface area contributed by atoms with Crippen molar-refractivity contribution in [2.75, 3.05) is 36.9 Å². The van der Waals surface area contributed by atoms with Crippen LogP contribution in [0.25, 0.3) is 0 Å². The smallest absolute Gasteiger partial charge is 0.148 e. The molecule has 0 spiro atoms. The zero-order valence-corrected chi connectivity index (χ0v) is 9.10. The summed E-state index contributed by atoms with van der Waals surface area (Å²) in [4.78, 5) is 1.97. The molecule has 0 aliphatic carbocycles. The molecule has 0 atom stereocenters. The maximum Gasteiger partial charge on any atom is 0.148 e. The van der Waals surface area contributed by atoms with E-state index in [-0.39, 0.29) is 18.2 Å². The van der Waals surface area contributed by atoms with E-state index in [2.05, 4.69) is 0 Å². The first-order valence-corrected chi connectivity index (χ1v) is 4.65. The largest absolute Gasteiger partial charge is 0.399 e. The van der Waals surface area contributed by atoms with E-state index in [1.165, 1.54) is 6.07 Å². The van der Waals surface area contributed by atoms with Gasteiger partial charge in [0.05, 0.1) is 18.9 Å². The van der Waals surface area contributed by atoms with E-state index in [1.54, 1.807) is 12.1 Å². The summed E-state index contributed by atoms with van der Waals surface area (Å²) in [5.41, 5.74) is 6.55. The van der Waals surface area contributed by atoms with Crippen molar-refractivity contribution < 1.29 is 9.13 Å². The number of hydrogen-bond donors (Lipinski definition) is 1. The maximum absolute atomic E-state index is 13.5. The van der Waals surface area contributed by atoms with Gasteiger partial charge in [0, 0.05) is 18.8 Å². The monoisotopic (exact) mass is 232 g/mol. The lowest BCUT2D eigenvalue weighted by Gasteiger charge is -2.29. The number of nitrogens with two attached hydrogens (primary N) is 1. The number of rotatable bonds is 1. The summed E-state index contributed by atoms with van der Waals surface area (Å²) in [5, 5.41) is 0. The molecule has 1 saturated heterocycles. The third kappa shape index (κ3) is 2.73. The first kappa shape index (κ1) is 12.1. The topological polar surface area (TPSA) is 38.5 Å². The zero-order chi connectivity index (χ0) is 9.97. The summed E-state index contributed by atoms with van der Waals surface area (Å²) in [7, 11) is 0. The van der Waals surface area contributed by atoms with Gasteiger partial charge in [0.25, 0.3) is 0 Å². The van der Waals surface area contributed by atoms with Crippen LogP contribution in [0.3, 0.4) is 0 Å². The molecule has 0 radical (unpaired) electrons. The molecule has 1 aromatic rings. The molecule has 3 nitrogen and oxygen atoms in total. The van der Waals surface area contributed by atoms with Gasteiger partial charge < -0.3 is 15.4 Å². The lowest BCUT2D eigenvalue weighted by Crippen LogP contribution is -2.36. The van der Waals surface area contributed by atoms with E-state index in [9.17, 15) is 4.39 Å². The molecular formula is C10H14ClFN2O. The summed E-state index contributed by atoms with van der Waals surface area (Å²) in [5.74, 6) is -0.257. The van der Waals surface area contributed by atoms with Gasteiger partial charge in [-0.3, -0.25) is 0 Å². The molecule has 1 aromatic carbocycles. The molecule has 2 rings (SSSR count). The third-order valence-electron chi connectivity index (χ3n) is 2.32. The Labute approximate surface area is 94.4 Å². The van der Waals surface area contributed by atoms with Crippen molar-refractivity contribution in [1.29, 1.82) is 0 Å². The van der Waals surface area contributed by atoms with Gasteiger partial charge in [0.2, 0.25) is 0 Å². The van der Waals surface area contributed by atoms with Gasteiger partial charge in [0.1, 0.15) is 5.82 Å². The Morgan fingerprint density at radius 1 is 1.27 bits per heavy atom. The molecule has 84 valence electrons. The van der Waals surface area contributed by atoms with Crippen LogP contribution in [-0.4, -0.2) is 26.3 Å². The van der Waals surface area contributed by atoms with Crippen LogP contribution >= 0.6 is 12.4 Å². The maximum atomic E-state index is 13.5. The normalized spacial score (nSPS) is 15.9. The van der Waals surface area contributed by atoms with Crippen molar-refractivity contribution in [3.05, 3.63) is 24.0 Å². The lowest BCUT2D eigenvalue weighted by molar-refractivity contribution is 0.122. The van der Waals surface area contributed by atoms with Crippen LogP contribution in [0.2, 0.25) is 0 Å². The standard InChI is InChI=1S/C10H13FN2O.ClH/c11-9-7-8(12)1-2-10(9)13-3-5-14-6-4-13;/h1-2,7H,3-6,12H2;1H. The molecule has 0 aromatic heterocycles. The van der Waals surface area contributed by atoms with Crippen molar-refractivity contribution in [3.63, 3.8) is 0 Å². The Morgan fingerprint density at radius 3 is 2.53 bits per heavy atom. The zero-order valence-electron chi connectivity index (χ0n) is 8.28. The highest BCUT2D eigenvalue weighted by Gasteiger charge is 2.14. The third-order valence-corrected chi connectivity index (χ3v) is 2.32. The quantitative estimate of drug-likeness (QED) is 0.749. The highest BCUT2D eigenvalue weighted by Crippen LogP contribution is 2.22. The second kappa shape index (κ2) is 5.19. The van der Waals surface area contributed by atoms with Crippen LogP contribution in [-0.2, 0) is 4.74 Å². The summed E-state index contributed by atoms with van der Waals surface area (Å²) >= 11 is 0. The van der Waals surface area contributed by atoms with E-state index >= 15 is 0 Å². The molecule has 5 heteroatoms. The van der Waals surface area contributed by atoms with Crippen molar-refractivity contribution in [3.8, 4) is 0 Å². The van der Waals surface area contributed by atoms with Crippen LogP contribution in [0.1, 0.15) is 0 Å². The molecule has 1 aliphatic rings. The number of ether oxygens (including phenoxy) is 1.